The molecule has 29 heavy (non-hydrogen) atoms. The third-order valence-electron chi connectivity index (χ3n) is 3.91. The van der Waals surface area contributed by atoms with E-state index in [0.29, 0.717) is 19.7 Å². The first-order valence-corrected chi connectivity index (χ1v) is 9.47. The van der Waals surface area contributed by atoms with Crippen molar-refractivity contribution in [2.24, 2.45) is 0 Å². The second-order valence-corrected chi connectivity index (χ2v) is 6.27. The van der Waals surface area contributed by atoms with Crippen LogP contribution >= 0.6 is 0 Å². The molecule has 0 bridgehead atoms. The molecule has 1 saturated heterocycles. The molecule has 13 heteroatoms. The number of rotatable bonds is 14. The summed E-state index contributed by atoms with van der Waals surface area (Å²) < 4.78 is 16.3. The van der Waals surface area contributed by atoms with Gasteiger partial charge in [0.1, 0.15) is 24.4 Å². The van der Waals surface area contributed by atoms with Crippen LogP contribution in [0.4, 0.5) is 0 Å². The number of hydrazine groups is 2. The molecule has 13 nitrogen and oxygen atoms in total. The Bertz CT molecular complexity index is 486. The van der Waals surface area contributed by atoms with Crippen molar-refractivity contribution >= 4 is 11.8 Å². The summed E-state index contributed by atoms with van der Waals surface area (Å²) in [6.45, 7) is 4.43. The van der Waals surface area contributed by atoms with Crippen LogP contribution < -0.4 is 27.0 Å². The van der Waals surface area contributed by atoms with E-state index in [1.807, 2.05) is 6.92 Å². The average molecular weight is 423 g/mol. The number of ether oxygens (including phenoxy) is 3. The van der Waals surface area contributed by atoms with Crippen LogP contribution in [0.1, 0.15) is 13.8 Å². The number of aliphatic hydroxyl groups excluding tert-OH is 3. The third-order valence-corrected chi connectivity index (χ3v) is 3.91. The average Bonchev–Trinajstić information content (AvgIpc) is 2.68. The highest BCUT2D eigenvalue weighted by atomic mass is 16.7. The lowest BCUT2D eigenvalue weighted by molar-refractivity contribution is -0.272. The maximum absolute atomic E-state index is 11.4. The van der Waals surface area contributed by atoms with Gasteiger partial charge in [-0.1, -0.05) is 6.92 Å². The molecule has 0 saturated carbocycles. The van der Waals surface area contributed by atoms with Gasteiger partial charge in [-0.25, -0.2) is 10.9 Å². The molecule has 0 aromatic rings. The molecule has 170 valence electrons. The summed E-state index contributed by atoms with van der Waals surface area (Å²) in [7, 11) is 0. The molecule has 0 radical (unpaired) electrons. The predicted molar refractivity (Wildman–Crippen MR) is 100.0 cm³/mol. The fourth-order valence-electron chi connectivity index (χ4n) is 2.53. The van der Waals surface area contributed by atoms with E-state index in [0.717, 1.165) is 0 Å². The second kappa shape index (κ2) is 14.5. The largest absolute Gasteiger partial charge is 0.394 e. The number of hydrogen-bond acceptors (Lipinski definition) is 11. The standard InChI is InChI=1S/C16H33N5O8/c1-3-17-19-8-12(24)21-18-4-5-27-6-7-28-16-13(20-10(2)23)15(26)14(25)11(9-22)29-16/h11,13-19,22,25-26H,3-9H2,1-2H3,(H,20,23)(H,21,24)/t11-,13-,14+,15-,16?/m1/s1. The van der Waals surface area contributed by atoms with Crippen LogP contribution in [0, 0.1) is 0 Å². The van der Waals surface area contributed by atoms with Gasteiger partial charge in [-0.05, 0) is 0 Å². The Hall–Kier alpha value is -1.42. The van der Waals surface area contributed by atoms with Crippen LogP contribution in [0.25, 0.3) is 0 Å². The van der Waals surface area contributed by atoms with Gasteiger partial charge < -0.3 is 34.8 Å². The maximum Gasteiger partial charge on any atom is 0.249 e. The van der Waals surface area contributed by atoms with E-state index in [2.05, 4.69) is 27.0 Å². The molecular formula is C16H33N5O8. The fourth-order valence-corrected chi connectivity index (χ4v) is 2.53. The van der Waals surface area contributed by atoms with E-state index in [9.17, 15) is 24.9 Å². The van der Waals surface area contributed by atoms with Gasteiger partial charge in [0.05, 0.1) is 33.0 Å². The van der Waals surface area contributed by atoms with E-state index in [1.54, 1.807) is 0 Å². The molecule has 1 aliphatic heterocycles. The van der Waals surface area contributed by atoms with Gasteiger partial charge in [0.15, 0.2) is 6.29 Å². The minimum atomic E-state index is -1.36. The van der Waals surface area contributed by atoms with E-state index in [1.165, 1.54) is 6.92 Å². The van der Waals surface area contributed by atoms with Crippen LogP contribution in [0.15, 0.2) is 0 Å². The lowest BCUT2D eigenvalue weighted by Crippen LogP contribution is -2.64. The van der Waals surface area contributed by atoms with Crippen molar-refractivity contribution in [3.63, 3.8) is 0 Å². The Balaban J connectivity index is 2.22. The number of amides is 2. The minimum Gasteiger partial charge on any atom is -0.394 e. The number of hydrogen-bond donors (Lipinski definition) is 8. The molecule has 8 N–H and O–H groups in total. The first-order valence-electron chi connectivity index (χ1n) is 9.47. The molecule has 1 rings (SSSR count). The van der Waals surface area contributed by atoms with Crippen molar-refractivity contribution < 1.29 is 39.1 Å². The highest BCUT2D eigenvalue weighted by Crippen LogP contribution is 2.22. The number of nitrogens with one attached hydrogen (secondary N) is 5. The Labute approximate surface area is 169 Å². The molecule has 0 aromatic heterocycles. The van der Waals surface area contributed by atoms with Crippen molar-refractivity contribution in [3.05, 3.63) is 0 Å². The number of carbonyl (C=O) groups excluding carboxylic acids is 2. The van der Waals surface area contributed by atoms with E-state index in [4.69, 9.17) is 14.2 Å². The van der Waals surface area contributed by atoms with E-state index < -0.39 is 43.2 Å². The van der Waals surface area contributed by atoms with Crippen LogP contribution in [0.2, 0.25) is 0 Å². The molecular weight excluding hydrogens is 390 g/mol. The third kappa shape index (κ3) is 9.75. The van der Waals surface area contributed by atoms with Crippen LogP contribution in [0.3, 0.4) is 0 Å². The summed E-state index contributed by atoms with van der Waals surface area (Å²) >= 11 is 0. The van der Waals surface area contributed by atoms with Crippen molar-refractivity contribution in [2.45, 2.75) is 44.5 Å². The Morgan fingerprint density at radius 3 is 2.48 bits per heavy atom. The quantitative estimate of drug-likeness (QED) is 0.0999. The van der Waals surface area contributed by atoms with Crippen molar-refractivity contribution in [2.75, 3.05) is 46.1 Å². The predicted octanol–water partition coefficient (Wildman–Crippen LogP) is -4.30. The molecule has 1 heterocycles. The molecule has 1 aliphatic rings. The zero-order valence-electron chi connectivity index (χ0n) is 16.7. The van der Waals surface area contributed by atoms with Gasteiger partial charge in [0.25, 0.3) is 0 Å². The summed E-state index contributed by atoms with van der Waals surface area (Å²) in [4.78, 5) is 22.7. The Morgan fingerprint density at radius 2 is 1.83 bits per heavy atom. The normalized spacial score (nSPS) is 26.9. The molecule has 5 atom stereocenters. The van der Waals surface area contributed by atoms with Gasteiger partial charge in [0, 0.05) is 20.0 Å². The van der Waals surface area contributed by atoms with Crippen molar-refractivity contribution in [1.29, 1.82) is 0 Å². The number of aliphatic hydroxyl groups is 3. The van der Waals surface area contributed by atoms with Crippen molar-refractivity contribution in [1.82, 2.24) is 27.0 Å². The zero-order chi connectivity index (χ0) is 21.6. The topological polar surface area (TPSA) is 183 Å². The second-order valence-electron chi connectivity index (χ2n) is 6.27. The van der Waals surface area contributed by atoms with E-state index >= 15 is 0 Å². The first-order chi connectivity index (χ1) is 13.9. The van der Waals surface area contributed by atoms with Crippen LogP contribution in [-0.2, 0) is 23.8 Å². The summed E-state index contributed by atoms with van der Waals surface area (Å²) in [6.07, 6.45) is -4.80. The van der Waals surface area contributed by atoms with Crippen LogP contribution in [0.5, 0.6) is 0 Å². The minimum absolute atomic E-state index is 0.0840. The van der Waals surface area contributed by atoms with Gasteiger partial charge in [-0.3, -0.25) is 20.4 Å². The molecule has 2 amide bonds. The summed E-state index contributed by atoms with van der Waals surface area (Å²) in [5.41, 5.74) is 10.7. The fraction of sp³-hybridized carbons (Fsp3) is 0.875. The van der Waals surface area contributed by atoms with Crippen molar-refractivity contribution in [3.8, 4) is 0 Å². The highest BCUT2D eigenvalue weighted by Gasteiger charge is 2.45. The SMILES string of the molecule is CCNNCC(=O)NNCCOCCOC1O[C@H](CO)[C@H](O)[C@H](O)[C@H]1NC(C)=O. The molecule has 0 aliphatic carbocycles. The van der Waals surface area contributed by atoms with Gasteiger partial charge in [0.2, 0.25) is 11.8 Å². The van der Waals surface area contributed by atoms with Gasteiger partial charge >= 0.3 is 0 Å². The molecule has 1 fully saturated rings. The molecule has 0 spiro atoms. The molecule has 1 unspecified atom stereocenters. The van der Waals surface area contributed by atoms with E-state index in [-0.39, 0.29) is 25.7 Å². The lowest BCUT2D eigenvalue weighted by Gasteiger charge is -2.42. The zero-order valence-corrected chi connectivity index (χ0v) is 16.7. The van der Waals surface area contributed by atoms with Gasteiger partial charge in [-0.15, -0.1) is 0 Å². The summed E-state index contributed by atoms with van der Waals surface area (Å²) in [5.74, 6) is -0.655. The Kier molecular flexibility index (Phi) is 12.8. The first kappa shape index (κ1) is 25.6. The number of carbonyl (C=O) groups is 2. The smallest absolute Gasteiger partial charge is 0.249 e. The lowest BCUT2D eigenvalue weighted by atomic mass is 9.97. The Morgan fingerprint density at radius 1 is 1.07 bits per heavy atom. The monoisotopic (exact) mass is 423 g/mol. The highest BCUT2D eigenvalue weighted by molar-refractivity contribution is 5.77. The molecule has 0 aromatic carbocycles. The van der Waals surface area contributed by atoms with Crippen LogP contribution in [-0.4, -0.2) is 104 Å². The summed E-state index contributed by atoms with van der Waals surface area (Å²) in [6, 6.07) is -0.988. The maximum atomic E-state index is 11.4. The van der Waals surface area contributed by atoms with Gasteiger partial charge in [-0.2, -0.15) is 0 Å². The summed E-state index contributed by atoms with van der Waals surface area (Å²) in [5, 5.41) is 31.8.